The molecule has 1 aromatic rings. The Kier molecular flexibility index (Phi) is 12.0. The van der Waals surface area contributed by atoms with Crippen LogP contribution < -0.4 is 0 Å². The number of rotatable bonds is 15. The van der Waals surface area contributed by atoms with E-state index in [9.17, 15) is 13.2 Å². The summed E-state index contributed by atoms with van der Waals surface area (Å²) in [5.41, 5.74) is 9.31. The fourth-order valence-corrected chi connectivity index (χ4v) is 3.62. The first-order valence-electron chi connectivity index (χ1n) is 10.00. The molecule has 1 rings (SSSR count). The SMILES string of the molecule is CCCC[C@H](CC[C@H](CCCCOC(=O)c1ccccc1)N=[N+]=[N-])OS(C)(=O)=O. The van der Waals surface area contributed by atoms with Gasteiger partial charge < -0.3 is 4.74 Å². The Morgan fingerprint density at radius 2 is 1.83 bits per heavy atom. The summed E-state index contributed by atoms with van der Waals surface area (Å²) in [6.07, 6.45) is 6.24. The van der Waals surface area contributed by atoms with Crippen LogP contribution in [0.25, 0.3) is 10.4 Å². The van der Waals surface area contributed by atoms with E-state index in [1.54, 1.807) is 24.3 Å². The van der Waals surface area contributed by atoms with Gasteiger partial charge in [-0.25, -0.2) is 4.79 Å². The lowest BCUT2D eigenvalue weighted by Crippen LogP contribution is -2.19. The van der Waals surface area contributed by atoms with Gasteiger partial charge in [0.1, 0.15) is 0 Å². The van der Waals surface area contributed by atoms with Gasteiger partial charge >= 0.3 is 5.97 Å². The van der Waals surface area contributed by atoms with Gasteiger partial charge in [-0.2, -0.15) is 8.42 Å². The summed E-state index contributed by atoms with van der Waals surface area (Å²) in [5.74, 6) is -0.353. The molecule has 0 aliphatic carbocycles. The number of hydrogen-bond acceptors (Lipinski definition) is 6. The van der Waals surface area contributed by atoms with Gasteiger partial charge in [-0.1, -0.05) is 43.1 Å². The van der Waals surface area contributed by atoms with E-state index in [4.69, 9.17) is 14.5 Å². The van der Waals surface area contributed by atoms with Crippen molar-refractivity contribution in [3.63, 3.8) is 0 Å². The second-order valence-corrected chi connectivity index (χ2v) is 8.60. The molecule has 8 nitrogen and oxygen atoms in total. The van der Waals surface area contributed by atoms with Crippen molar-refractivity contribution in [2.75, 3.05) is 12.9 Å². The molecule has 2 atom stereocenters. The van der Waals surface area contributed by atoms with Crippen molar-refractivity contribution < 1.29 is 22.1 Å². The maximum absolute atomic E-state index is 11.9. The monoisotopic (exact) mass is 425 g/mol. The van der Waals surface area contributed by atoms with E-state index in [0.29, 0.717) is 44.3 Å². The standard InChI is InChI=1S/C20H31N3O5S/c1-3-4-13-19(28-29(2,25)26)15-14-18(22-23-21)12-8-9-16-27-20(24)17-10-6-5-7-11-17/h5-7,10-11,18-19H,3-4,8-9,12-16H2,1-2H3/t18-,19+/m0/s1. The Balaban J connectivity index is 2.37. The number of azide groups is 1. The van der Waals surface area contributed by atoms with Crippen LogP contribution in [0, 0.1) is 0 Å². The van der Waals surface area contributed by atoms with Gasteiger partial charge in [-0.15, -0.1) is 0 Å². The van der Waals surface area contributed by atoms with Crippen LogP contribution in [0.5, 0.6) is 0 Å². The van der Waals surface area contributed by atoms with Gasteiger partial charge in [-0.05, 0) is 56.2 Å². The molecule has 0 aliphatic heterocycles. The first-order chi connectivity index (χ1) is 13.9. The second-order valence-electron chi connectivity index (χ2n) is 7.00. The summed E-state index contributed by atoms with van der Waals surface area (Å²) in [7, 11) is -3.52. The van der Waals surface area contributed by atoms with Crippen molar-refractivity contribution in [3.05, 3.63) is 46.3 Å². The Labute approximate surface area is 173 Å². The number of hydrogen-bond donors (Lipinski definition) is 0. The van der Waals surface area contributed by atoms with Crippen LogP contribution in [-0.2, 0) is 19.0 Å². The lowest BCUT2D eigenvalue weighted by Gasteiger charge is -2.18. The summed E-state index contributed by atoms with van der Waals surface area (Å²) in [4.78, 5) is 14.8. The Hall–Kier alpha value is -2.09. The van der Waals surface area contributed by atoms with Gasteiger partial charge in [-0.3, -0.25) is 4.18 Å². The average Bonchev–Trinajstić information content (AvgIpc) is 2.69. The summed E-state index contributed by atoms with van der Waals surface area (Å²) in [6, 6.07) is 8.56. The third-order valence-electron chi connectivity index (χ3n) is 4.40. The van der Waals surface area contributed by atoms with Gasteiger partial charge in [0.25, 0.3) is 10.1 Å². The maximum atomic E-state index is 11.9. The fourth-order valence-electron chi connectivity index (χ4n) is 2.94. The summed E-state index contributed by atoms with van der Waals surface area (Å²) < 4.78 is 33.3. The molecule has 0 saturated carbocycles. The zero-order chi connectivity index (χ0) is 21.5. The van der Waals surface area contributed by atoms with E-state index in [2.05, 4.69) is 10.0 Å². The first kappa shape index (κ1) is 24.9. The third-order valence-corrected chi connectivity index (χ3v) is 5.02. The highest BCUT2D eigenvalue weighted by molar-refractivity contribution is 7.86. The molecule has 0 heterocycles. The van der Waals surface area contributed by atoms with E-state index in [1.807, 2.05) is 13.0 Å². The van der Waals surface area contributed by atoms with E-state index >= 15 is 0 Å². The van der Waals surface area contributed by atoms with Crippen LogP contribution in [-0.4, -0.2) is 39.4 Å². The molecule has 0 fully saturated rings. The van der Waals surface area contributed by atoms with Crippen molar-refractivity contribution in [1.29, 1.82) is 0 Å². The van der Waals surface area contributed by atoms with Crippen LogP contribution in [0.1, 0.15) is 68.6 Å². The van der Waals surface area contributed by atoms with Gasteiger partial charge in [0, 0.05) is 11.0 Å². The van der Waals surface area contributed by atoms with Crippen LogP contribution in [0.15, 0.2) is 35.4 Å². The molecule has 1 aromatic carbocycles. The highest BCUT2D eigenvalue weighted by Crippen LogP contribution is 2.19. The summed E-state index contributed by atoms with van der Waals surface area (Å²) in [6.45, 7) is 2.33. The normalized spacial score (nSPS) is 13.3. The molecular formula is C20H31N3O5S. The lowest BCUT2D eigenvalue weighted by molar-refractivity contribution is 0.0497. The molecule has 0 spiro atoms. The van der Waals surface area contributed by atoms with E-state index in [1.165, 1.54) is 0 Å². The topological polar surface area (TPSA) is 118 Å². The lowest BCUT2D eigenvalue weighted by atomic mass is 10.0. The number of unbranched alkanes of at least 4 members (excludes halogenated alkanes) is 2. The molecule has 9 heteroatoms. The number of carbonyl (C=O) groups is 1. The summed E-state index contributed by atoms with van der Waals surface area (Å²) in [5, 5.41) is 3.82. The summed E-state index contributed by atoms with van der Waals surface area (Å²) >= 11 is 0. The van der Waals surface area contributed by atoms with Crippen LogP contribution in [0.4, 0.5) is 0 Å². The molecule has 162 valence electrons. The number of carbonyl (C=O) groups excluding carboxylic acids is 1. The predicted molar refractivity (Wildman–Crippen MR) is 112 cm³/mol. The van der Waals surface area contributed by atoms with E-state index in [0.717, 1.165) is 25.5 Å². The minimum Gasteiger partial charge on any atom is -0.462 e. The second kappa shape index (κ2) is 14.0. The van der Waals surface area contributed by atoms with Crippen molar-refractivity contribution in [3.8, 4) is 0 Å². The molecule has 0 radical (unpaired) electrons. The largest absolute Gasteiger partial charge is 0.462 e. The zero-order valence-electron chi connectivity index (χ0n) is 17.2. The van der Waals surface area contributed by atoms with Crippen LogP contribution >= 0.6 is 0 Å². The van der Waals surface area contributed by atoms with Gasteiger partial charge in [0.15, 0.2) is 0 Å². The minimum atomic E-state index is -3.52. The molecule has 0 bridgehead atoms. The predicted octanol–water partition coefficient (Wildman–Crippen LogP) is 5.01. The molecule has 29 heavy (non-hydrogen) atoms. The van der Waals surface area contributed by atoms with Crippen LogP contribution in [0.3, 0.4) is 0 Å². The van der Waals surface area contributed by atoms with Crippen molar-refractivity contribution in [1.82, 2.24) is 0 Å². The molecule has 0 saturated heterocycles. The fraction of sp³-hybridized carbons (Fsp3) is 0.650. The Bertz CT molecular complexity index is 749. The Morgan fingerprint density at radius 3 is 2.45 bits per heavy atom. The molecule has 0 unspecified atom stereocenters. The van der Waals surface area contributed by atoms with Crippen LogP contribution in [0.2, 0.25) is 0 Å². The van der Waals surface area contributed by atoms with Crippen molar-refractivity contribution >= 4 is 16.1 Å². The number of esters is 1. The zero-order valence-corrected chi connectivity index (χ0v) is 18.0. The molecule has 0 amide bonds. The third kappa shape index (κ3) is 12.2. The van der Waals surface area contributed by atoms with E-state index in [-0.39, 0.29) is 12.0 Å². The molecule has 0 aliphatic rings. The number of benzene rings is 1. The van der Waals surface area contributed by atoms with Gasteiger partial charge in [0.2, 0.25) is 0 Å². The van der Waals surface area contributed by atoms with Crippen molar-refractivity contribution in [2.45, 2.75) is 70.4 Å². The molecule has 0 aromatic heterocycles. The smallest absolute Gasteiger partial charge is 0.338 e. The number of nitrogens with zero attached hydrogens (tertiary/aromatic N) is 3. The Morgan fingerprint density at radius 1 is 1.10 bits per heavy atom. The first-order valence-corrected chi connectivity index (χ1v) is 11.8. The van der Waals surface area contributed by atoms with Crippen molar-refractivity contribution in [2.24, 2.45) is 5.11 Å². The van der Waals surface area contributed by atoms with E-state index < -0.39 is 16.2 Å². The van der Waals surface area contributed by atoms with Gasteiger partial charge in [0.05, 0.1) is 24.5 Å². The highest BCUT2D eigenvalue weighted by Gasteiger charge is 2.17. The maximum Gasteiger partial charge on any atom is 0.338 e. The highest BCUT2D eigenvalue weighted by atomic mass is 32.2. The average molecular weight is 426 g/mol. The molecule has 0 N–H and O–H groups in total. The number of ether oxygens (including phenoxy) is 1. The quantitative estimate of drug-likeness (QED) is 0.0977. The minimum absolute atomic E-state index is 0.239. The molecular weight excluding hydrogens is 394 g/mol.